The summed E-state index contributed by atoms with van der Waals surface area (Å²) in [5.74, 6) is 0.466. The van der Waals surface area contributed by atoms with Crippen LogP contribution in [0.1, 0.15) is 16.2 Å². The summed E-state index contributed by atoms with van der Waals surface area (Å²) in [6, 6.07) is 10.0. The molecule has 3 aromatic rings. The Hall–Kier alpha value is -2.72. The van der Waals surface area contributed by atoms with E-state index >= 15 is 0 Å². The Morgan fingerprint density at radius 3 is 2.62 bits per heavy atom. The van der Waals surface area contributed by atoms with Crippen molar-refractivity contribution in [3.8, 4) is 10.8 Å². The van der Waals surface area contributed by atoms with Gasteiger partial charge in [0.1, 0.15) is 0 Å². The average Bonchev–Trinajstić information content (AvgIpc) is 3.29. The number of carbonyl (C=O) groups excluding carboxylic acids is 1. The molecular formula is C16H16N4O4S2. The van der Waals surface area contributed by atoms with Crippen molar-refractivity contribution in [1.29, 1.82) is 0 Å². The zero-order chi connectivity index (χ0) is 18.7. The Morgan fingerprint density at radius 1 is 1.27 bits per heavy atom. The third-order valence-corrected chi connectivity index (χ3v) is 5.66. The summed E-state index contributed by atoms with van der Waals surface area (Å²) < 4.78 is 29.3. The molecule has 0 aliphatic heterocycles. The molecule has 0 radical (unpaired) electrons. The maximum Gasteiger partial charge on any atom is 0.268 e. The molecule has 136 valence electrons. The van der Waals surface area contributed by atoms with E-state index in [1.165, 1.54) is 18.4 Å². The molecule has 3 rings (SSSR count). The Balaban J connectivity index is 1.62. The molecule has 0 atom stereocenters. The molecule has 0 bridgehead atoms. The summed E-state index contributed by atoms with van der Waals surface area (Å²) in [7, 11) is -1.89. The number of hydrogen-bond donors (Lipinski definition) is 1. The van der Waals surface area contributed by atoms with Gasteiger partial charge >= 0.3 is 0 Å². The van der Waals surface area contributed by atoms with Crippen LogP contribution >= 0.6 is 11.3 Å². The molecule has 0 unspecified atom stereocenters. The molecule has 10 heteroatoms. The van der Waals surface area contributed by atoms with Crippen molar-refractivity contribution < 1.29 is 17.7 Å². The molecule has 1 amide bonds. The number of thiophene rings is 1. The predicted octanol–water partition coefficient (Wildman–Crippen LogP) is 2.12. The van der Waals surface area contributed by atoms with Gasteiger partial charge in [-0.1, -0.05) is 11.2 Å². The Labute approximate surface area is 154 Å². The van der Waals surface area contributed by atoms with E-state index in [-0.39, 0.29) is 12.5 Å². The van der Waals surface area contributed by atoms with Crippen LogP contribution < -0.4 is 9.62 Å². The van der Waals surface area contributed by atoms with Crippen LogP contribution in [-0.4, -0.2) is 37.8 Å². The van der Waals surface area contributed by atoms with Crippen LogP contribution in [0.4, 0.5) is 5.69 Å². The van der Waals surface area contributed by atoms with Crippen LogP contribution in [0.3, 0.4) is 0 Å². The normalized spacial score (nSPS) is 11.3. The lowest BCUT2D eigenvalue weighted by Crippen LogP contribution is -2.25. The number of sulfonamides is 1. The van der Waals surface area contributed by atoms with Crippen LogP contribution in [-0.2, 0) is 16.6 Å². The number of nitrogens with one attached hydrogen (secondary N) is 1. The highest BCUT2D eigenvalue weighted by Gasteiger charge is 2.14. The van der Waals surface area contributed by atoms with Crippen LogP contribution in [0.15, 0.2) is 46.3 Å². The molecule has 1 aromatic carbocycles. The molecule has 0 aliphatic carbocycles. The van der Waals surface area contributed by atoms with Crippen molar-refractivity contribution in [2.24, 2.45) is 0 Å². The quantitative estimate of drug-likeness (QED) is 0.689. The molecule has 2 aromatic heterocycles. The molecule has 0 aliphatic rings. The van der Waals surface area contributed by atoms with Crippen molar-refractivity contribution >= 4 is 33.0 Å². The van der Waals surface area contributed by atoms with E-state index in [0.717, 1.165) is 15.4 Å². The number of rotatable bonds is 6. The Bertz CT molecular complexity index is 995. The van der Waals surface area contributed by atoms with E-state index in [9.17, 15) is 13.2 Å². The van der Waals surface area contributed by atoms with E-state index < -0.39 is 10.0 Å². The second-order valence-corrected chi connectivity index (χ2v) is 8.41. The van der Waals surface area contributed by atoms with Crippen molar-refractivity contribution in [3.05, 3.63) is 53.2 Å². The molecule has 0 fully saturated rings. The number of amides is 1. The monoisotopic (exact) mass is 392 g/mol. The SMILES string of the molecule is CN(c1ccc(C(=O)NCc2noc(-c3cccs3)n2)cc1)S(C)(=O)=O. The van der Waals surface area contributed by atoms with Gasteiger partial charge in [0.25, 0.3) is 11.8 Å². The van der Waals surface area contributed by atoms with Crippen molar-refractivity contribution in [3.63, 3.8) is 0 Å². The van der Waals surface area contributed by atoms with E-state index in [0.29, 0.717) is 23.0 Å². The van der Waals surface area contributed by atoms with E-state index in [1.54, 1.807) is 24.3 Å². The lowest BCUT2D eigenvalue weighted by atomic mass is 10.2. The highest BCUT2D eigenvalue weighted by molar-refractivity contribution is 7.92. The highest BCUT2D eigenvalue weighted by Crippen LogP contribution is 2.22. The summed E-state index contributed by atoms with van der Waals surface area (Å²) in [6.07, 6.45) is 1.11. The van der Waals surface area contributed by atoms with Gasteiger partial charge in [-0.05, 0) is 35.7 Å². The number of carbonyl (C=O) groups is 1. The van der Waals surface area contributed by atoms with Crippen LogP contribution in [0.5, 0.6) is 0 Å². The zero-order valence-corrected chi connectivity index (χ0v) is 15.7. The van der Waals surface area contributed by atoms with Gasteiger partial charge in [0.2, 0.25) is 10.0 Å². The minimum absolute atomic E-state index is 0.124. The van der Waals surface area contributed by atoms with E-state index in [4.69, 9.17) is 4.52 Å². The first-order valence-electron chi connectivity index (χ1n) is 7.53. The number of aromatic nitrogens is 2. The fourth-order valence-electron chi connectivity index (χ4n) is 2.10. The predicted molar refractivity (Wildman–Crippen MR) is 98.5 cm³/mol. The van der Waals surface area contributed by atoms with Crippen LogP contribution in [0.2, 0.25) is 0 Å². The zero-order valence-electron chi connectivity index (χ0n) is 14.0. The van der Waals surface area contributed by atoms with Crippen LogP contribution in [0, 0.1) is 0 Å². The van der Waals surface area contributed by atoms with Crippen LogP contribution in [0.25, 0.3) is 10.8 Å². The molecule has 1 N–H and O–H groups in total. The fraction of sp³-hybridized carbons (Fsp3) is 0.188. The molecule has 0 saturated heterocycles. The van der Waals surface area contributed by atoms with Crippen molar-refractivity contribution in [2.75, 3.05) is 17.6 Å². The summed E-state index contributed by atoms with van der Waals surface area (Å²) in [5.41, 5.74) is 0.875. The van der Waals surface area contributed by atoms with Gasteiger partial charge in [-0.2, -0.15) is 4.98 Å². The lowest BCUT2D eigenvalue weighted by Gasteiger charge is -2.16. The first-order valence-corrected chi connectivity index (χ1v) is 10.3. The highest BCUT2D eigenvalue weighted by atomic mass is 32.2. The van der Waals surface area contributed by atoms with Gasteiger partial charge in [-0.25, -0.2) is 8.42 Å². The lowest BCUT2D eigenvalue weighted by molar-refractivity contribution is 0.0949. The first-order chi connectivity index (χ1) is 12.3. The maximum absolute atomic E-state index is 12.2. The van der Waals surface area contributed by atoms with Gasteiger partial charge in [0.05, 0.1) is 23.4 Å². The van der Waals surface area contributed by atoms with E-state index in [1.807, 2.05) is 17.5 Å². The van der Waals surface area contributed by atoms with Crippen molar-refractivity contribution in [1.82, 2.24) is 15.5 Å². The minimum atomic E-state index is -3.34. The molecule has 8 nitrogen and oxygen atoms in total. The second kappa shape index (κ2) is 7.26. The molecule has 0 spiro atoms. The smallest absolute Gasteiger partial charge is 0.268 e. The molecule has 2 heterocycles. The second-order valence-electron chi connectivity index (χ2n) is 5.45. The third kappa shape index (κ3) is 4.09. The summed E-state index contributed by atoms with van der Waals surface area (Å²) in [4.78, 5) is 17.3. The van der Waals surface area contributed by atoms with Gasteiger partial charge in [0, 0.05) is 12.6 Å². The Morgan fingerprint density at radius 2 is 2.00 bits per heavy atom. The number of benzene rings is 1. The molecular weight excluding hydrogens is 376 g/mol. The number of nitrogens with zero attached hydrogens (tertiary/aromatic N) is 3. The summed E-state index contributed by atoms with van der Waals surface area (Å²) >= 11 is 1.49. The van der Waals surface area contributed by atoms with Gasteiger partial charge in [-0.3, -0.25) is 9.10 Å². The fourth-order valence-corrected chi connectivity index (χ4v) is 3.25. The molecule has 26 heavy (non-hydrogen) atoms. The van der Waals surface area contributed by atoms with Crippen molar-refractivity contribution in [2.45, 2.75) is 6.54 Å². The van der Waals surface area contributed by atoms with Gasteiger partial charge < -0.3 is 9.84 Å². The number of anilines is 1. The Kier molecular flexibility index (Phi) is 5.05. The standard InChI is InChI=1S/C16H16N4O4S2/c1-20(26(2,22)23)12-7-5-11(6-8-12)15(21)17-10-14-18-16(24-19-14)13-4-3-9-25-13/h3-9H,10H2,1-2H3,(H,17,21). The maximum atomic E-state index is 12.2. The summed E-state index contributed by atoms with van der Waals surface area (Å²) in [5, 5.41) is 8.44. The topological polar surface area (TPSA) is 105 Å². The largest absolute Gasteiger partial charge is 0.345 e. The average molecular weight is 392 g/mol. The minimum Gasteiger partial charge on any atom is -0.345 e. The van der Waals surface area contributed by atoms with Gasteiger partial charge in [-0.15, -0.1) is 11.3 Å². The number of hydrogen-bond acceptors (Lipinski definition) is 7. The molecule has 0 saturated carbocycles. The van der Waals surface area contributed by atoms with Gasteiger partial charge in [0.15, 0.2) is 5.82 Å². The van der Waals surface area contributed by atoms with E-state index in [2.05, 4.69) is 15.5 Å². The first kappa shape index (κ1) is 18.1. The third-order valence-electron chi connectivity index (χ3n) is 3.60. The summed E-state index contributed by atoms with van der Waals surface area (Å²) in [6.45, 7) is 0.124.